The van der Waals surface area contributed by atoms with Crippen molar-refractivity contribution in [2.75, 3.05) is 26.4 Å². The van der Waals surface area contributed by atoms with Gasteiger partial charge in [-0.25, -0.2) is 0 Å². The van der Waals surface area contributed by atoms with Gasteiger partial charge in [-0.15, -0.1) is 11.3 Å². The fraction of sp³-hybridized carbons (Fsp3) is 0.692. The molecule has 1 fully saturated rings. The van der Waals surface area contributed by atoms with Crippen LogP contribution < -0.4 is 5.32 Å². The van der Waals surface area contributed by atoms with Gasteiger partial charge in [0.05, 0.1) is 29.6 Å². The number of ether oxygens (including phenoxy) is 2. The van der Waals surface area contributed by atoms with Crippen molar-refractivity contribution in [2.45, 2.75) is 32.4 Å². The molecule has 3 nitrogen and oxygen atoms in total. The van der Waals surface area contributed by atoms with E-state index in [1.54, 1.807) is 11.3 Å². The van der Waals surface area contributed by atoms with Crippen LogP contribution in [0.2, 0.25) is 0 Å². The maximum Gasteiger partial charge on any atom is 0.101 e. The second kappa shape index (κ2) is 7.01. The Balaban J connectivity index is 2.12. The molecule has 18 heavy (non-hydrogen) atoms. The Bertz CT molecular complexity index is 358. The minimum absolute atomic E-state index is 0.121. The first-order valence-electron chi connectivity index (χ1n) is 6.41. The average Bonchev–Trinajstić information content (AvgIpc) is 2.71. The number of thiophene rings is 1. The molecule has 1 aromatic heterocycles. The number of rotatable bonds is 5. The van der Waals surface area contributed by atoms with Crippen molar-refractivity contribution in [3.63, 3.8) is 0 Å². The van der Waals surface area contributed by atoms with Gasteiger partial charge in [-0.2, -0.15) is 0 Å². The fourth-order valence-corrected chi connectivity index (χ4v) is 3.75. The molecular formula is C13H20BrNO2S. The van der Waals surface area contributed by atoms with E-state index in [0.717, 1.165) is 13.0 Å². The SMILES string of the molecule is CCCNC(c1cc(C)c(Br)s1)C1COCCO1. The van der Waals surface area contributed by atoms with E-state index in [2.05, 4.69) is 41.2 Å². The van der Waals surface area contributed by atoms with Gasteiger partial charge in [0.1, 0.15) is 6.10 Å². The molecule has 2 atom stereocenters. The van der Waals surface area contributed by atoms with Crippen LogP contribution in [-0.2, 0) is 9.47 Å². The predicted octanol–water partition coefficient (Wildman–Crippen LogP) is 3.28. The molecule has 102 valence electrons. The molecule has 0 saturated carbocycles. The van der Waals surface area contributed by atoms with Crippen molar-refractivity contribution in [2.24, 2.45) is 0 Å². The van der Waals surface area contributed by atoms with Gasteiger partial charge in [0, 0.05) is 4.88 Å². The number of nitrogens with one attached hydrogen (secondary N) is 1. The molecule has 0 aliphatic carbocycles. The number of hydrogen-bond acceptors (Lipinski definition) is 4. The smallest absolute Gasteiger partial charge is 0.101 e. The van der Waals surface area contributed by atoms with E-state index in [1.165, 1.54) is 14.2 Å². The molecule has 2 rings (SSSR count). The predicted molar refractivity (Wildman–Crippen MR) is 78.3 cm³/mol. The van der Waals surface area contributed by atoms with Crippen molar-refractivity contribution in [3.8, 4) is 0 Å². The molecule has 2 unspecified atom stereocenters. The van der Waals surface area contributed by atoms with E-state index >= 15 is 0 Å². The van der Waals surface area contributed by atoms with Crippen LogP contribution in [0.3, 0.4) is 0 Å². The zero-order valence-corrected chi connectivity index (χ0v) is 13.3. The van der Waals surface area contributed by atoms with Crippen LogP contribution in [0.15, 0.2) is 9.85 Å². The minimum Gasteiger partial charge on any atom is -0.376 e. The largest absolute Gasteiger partial charge is 0.376 e. The highest BCUT2D eigenvalue weighted by molar-refractivity contribution is 9.11. The lowest BCUT2D eigenvalue weighted by molar-refractivity contribution is -0.102. The third-order valence-electron chi connectivity index (χ3n) is 3.01. The third kappa shape index (κ3) is 3.54. The molecule has 0 amide bonds. The van der Waals surface area contributed by atoms with Crippen LogP contribution in [-0.4, -0.2) is 32.5 Å². The van der Waals surface area contributed by atoms with Crippen molar-refractivity contribution in [1.82, 2.24) is 5.32 Å². The summed E-state index contributed by atoms with van der Waals surface area (Å²) in [6, 6.07) is 2.47. The van der Waals surface area contributed by atoms with E-state index in [-0.39, 0.29) is 12.1 Å². The number of aryl methyl sites for hydroxylation is 1. The van der Waals surface area contributed by atoms with Crippen LogP contribution in [0, 0.1) is 6.92 Å². The topological polar surface area (TPSA) is 30.5 Å². The summed E-state index contributed by atoms with van der Waals surface area (Å²) in [6.07, 6.45) is 1.24. The first-order chi connectivity index (χ1) is 8.72. The maximum atomic E-state index is 5.84. The Kier molecular flexibility index (Phi) is 5.63. The normalized spacial score (nSPS) is 22.1. The molecule has 1 aliphatic heterocycles. The molecule has 0 radical (unpaired) electrons. The Morgan fingerprint density at radius 1 is 1.56 bits per heavy atom. The van der Waals surface area contributed by atoms with Crippen molar-refractivity contribution in [3.05, 3.63) is 20.3 Å². The summed E-state index contributed by atoms with van der Waals surface area (Å²) in [7, 11) is 0. The van der Waals surface area contributed by atoms with Crippen LogP contribution in [0.1, 0.15) is 29.8 Å². The molecule has 5 heteroatoms. The van der Waals surface area contributed by atoms with Gasteiger partial charge < -0.3 is 14.8 Å². The van der Waals surface area contributed by atoms with E-state index in [9.17, 15) is 0 Å². The molecular weight excluding hydrogens is 314 g/mol. The lowest BCUT2D eigenvalue weighted by Gasteiger charge is -2.30. The van der Waals surface area contributed by atoms with E-state index < -0.39 is 0 Å². The van der Waals surface area contributed by atoms with Crippen LogP contribution in [0.25, 0.3) is 0 Å². The summed E-state index contributed by atoms with van der Waals surface area (Å²) in [6.45, 7) is 7.39. The molecule has 2 heterocycles. The van der Waals surface area contributed by atoms with Crippen LogP contribution in [0.4, 0.5) is 0 Å². The molecule has 1 aromatic rings. The van der Waals surface area contributed by atoms with Crippen LogP contribution in [0.5, 0.6) is 0 Å². The van der Waals surface area contributed by atoms with E-state index in [4.69, 9.17) is 9.47 Å². The van der Waals surface area contributed by atoms with Gasteiger partial charge >= 0.3 is 0 Å². The molecule has 0 spiro atoms. The van der Waals surface area contributed by atoms with E-state index in [0.29, 0.717) is 19.8 Å². The third-order valence-corrected chi connectivity index (χ3v) is 5.23. The zero-order valence-electron chi connectivity index (χ0n) is 10.9. The van der Waals surface area contributed by atoms with Gasteiger partial charge in [-0.3, -0.25) is 0 Å². The van der Waals surface area contributed by atoms with Crippen molar-refractivity contribution < 1.29 is 9.47 Å². The molecule has 0 bridgehead atoms. The summed E-state index contributed by atoms with van der Waals surface area (Å²) in [5.41, 5.74) is 1.29. The first kappa shape index (κ1) is 14.5. The lowest BCUT2D eigenvalue weighted by Crippen LogP contribution is -2.40. The Morgan fingerprint density at radius 2 is 2.39 bits per heavy atom. The second-order valence-electron chi connectivity index (χ2n) is 4.52. The maximum absolute atomic E-state index is 5.84. The summed E-state index contributed by atoms with van der Waals surface area (Å²) in [4.78, 5) is 1.32. The Hall–Kier alpha value is 0.0600. The van der Waals surface area contributed by atoms with Crippen LogP contribution >= 0.6 is 27.3 Å². The first-order valence-corrected chi connectivity index (χ1v) is 8.02. The zero-order chi connectivity index (χ0) is 13.0. The van der Waals surface area contributed by atoms with Gasteiger partial charge in [-0.05, 0) is 47.4 Å². The average molecular weight is 334 g/mol. The number of hydrogen-bond donors (Lipinski definition) is 1. The summed E-state index contributed by atoms with van der Waals surface area (Å²) < 4.78 is 12.6. The fourth-order valence-electron chi connectivity index (χ4n) is 2.05. The van der Waals surface area contributed by atoms with Crippen molar-refractivity contribution >= 4 is 27.3 Å². The minimum atomic E-state index is 0.121. The lowest BCUT2D eigenvalue weighted by atomic mass is 10.1. The quantitative estimate of drug-likeness (QED) is 0.896. The summed E-state index contributed by atoms with van der Waals surface area (Å²) in [5, 5.41) is 3.58. The molecule has 1 saturated heterocycles. The molecule has 1 aliphatic rings. The van der Waals surface area contributed by atoms with Gasteiger partial charge in [0.15, 0.2) is 0 Å². The number of halogens is 1. The molecule has 0 aromatic carbocycles. The van der Waals surface area contributed by atoms with E-state index in [1.807, 2.05) is 0 Å². The highest BCUT2D eigenvalue weighted by Crippen LogP contribution is 2.34. The second-order valence-corrected chi connectivity index (χ2v) is 6.92. The van der Waals surface area contributed by atoms with Crippen molar-refractivity contribution in [1.29, 1.82) is 0 Å². The van der Waals surface area contributed by atoms with Gasteiger partial charge in [0.2, 0.25) is 0 Å². The standard InChI is InChI=1S/C13H20BrNO2S/c1-3-4-15-12(10-8-16-5-6-17-10)11-7-9(2)13(14)18-11/h7,10,12,15H,3-6,8H2,1-2H3. The highest BCUT2D eigenvalue weighted by Gasteiger charge is 2.27. The summed E-state index contributed by atoms with van der Waals surface area (Å²) >= 11 is 5.38. The highest BCUT2D eigenvalue weighted by atomic mass is 79.9. The Morgan fingerprint density at radius 3 is 2.94 bits per heavy atom. The monoisotopic (exact) mass is 333 g/mol. The summed E-state index contributed by atoms with van der Waals surface area (Å²) in [5.74, 6) is 0. The molecule has 1 N–H and O–H groups in total. The Labute approximate surface area is 121 Å². The van der Waals surface area contributed by atoms with Gasteiger partial charge in [-0.1, -0.05) is 6.92 Å². The van der Waals surface area contributed by atoms with Gasteiger partial charge in [0.25, 0.3) is 0 Å².